The van der Waals surface area contributed by atoms with Crippen LogP contribution in [-0.4, -0.2) is 54.2 Å². The molecular formula is C22H23N3O4. The van der Waals surface area contributed by atoms with Crippen LogP contribution in [0, 0.1) is 13.8 Å². The monoisotopic (exact) mass is 393 g/mol. The zero-order valence-corrected chi connectivity index (χ0v) is 16.6. The van der Waals surface area contributed by atoms with Crippen LogP contribution in [-0.2, 0) is 11.3 Å². The van der Waals surface area contributed by atoms with Gasteiger partial charge in [0.1, 0.15) is 6.04 Å². The third kappa shape index (κ3) is 3.11. The van der Waals surface area contributed by atoms with E-state index in [0.29, 0.717) is 25.3 Å². The van der Waals surface area contributed by atoms with E-state index in [2.05, 4.69) is 4.90 Å². The average molecular weight is 393 g/mol. The van der Waals surface area contributed by atoms with Crippen LogP contribution in [0.3, 0.4) is 0 Å². The molecule has 7 nitrogen and oxygen atoms in total. The van der Waals surface area contributed by atoms with Crippen molar-refractivity contribution in [3.05, 3.63) is 53.1 Å². The number of hydrogen-bond donors (Lipinski definition) is 0. The van der Waals surface area contributed by atoms with Crippen LogP contribution in [0.1, 0.15) is 16.7 Å². The summed E-state index contributed by atoms with van der Waals surface area (Å²) in [6, 6.07) is 11.1. The first-order valence-corrected chi connectivity index (χ1v) is 9.83. The second-order valence-electron chi connectivity index (χ2n) is 7.93. The van der Waals surface area contributed by atoms with Crippen molar-refractivity contribution >= 4 is 17.6 Å². The van der Waals surface area contributed by atoms with E-state index in [4.69, 9.17) is 9.47 Å². The van der Waals surface area contributed by atoms with Crippen molar-refractivity contribution in [1.29, 1.82) is 0 Å². The summed E-state index contributed by atoms with van der Waals surface area (Å²) in [5, 5.41) is 0. The van der Waals surface area contributed by atoms with Crippen molar-refractivity contribution in [2.75, 3.05) is 31.3 Å². The number of nitrogens with zero attached hydrogens (tertiary/aromatic N) is 3. The Kier molecular flexibility index (Phi) is 4.20. The van der Waals surface area contributed by atoms with E-state index in [1.807, 2.05) is 50.2 Å². The SMILES string of the molecule is Cc1cc(C)cc(N2C(=O)C3CN(Cc4ccc5c(c4)OCO5)CCN3C2=O)c1. The molecule has 7 heteroatoms. The summed E-state index contributed by atoms with van der Waals surface area (Å²) in [6.07, 6.45) is 0. The molecule has 0 saturated carbocycles. The fraction of sp³-hybridized carbons (Fsp3) is 0.364. The molecule has 0 bridgehead atoms. The van der Waals surface area contributed by atoms with Gasteiger partial charge in [-0.15, -0.1) is 0 Å². The van der Waals surface area contributed by atoms with E-state index in [1.54, 1.807) is 4.90 Å². The van der Waals surface area contributed by atoms with Crippen LogP contribution in [0.2, 0.25) is 0 Å². The highest BCUT2D eigenvalue weighted by atomic mass is 16.7. The molecule has 3 amide bonds. The van der Waals surface area contributed by atoms with Crippen LogP contribution in [0.4, 0.5) is 10.5 Å². The average Bonchev–Trinajstić information content (AvgIpc) is 3.23. The fourth-order valence-electron chi connectivity index (χ4n) is 4.41. The van der Waals surface area contributed by atoms with Crippen molar-refractivity contribution in [3.63, 3.8) is 0 Å². The van der Waals surface area contributed by atoms with Crippen molar-refractivity contribution in [3.8, 4) is 11.5 Å². The van der Waals surface area contributed by atoms with Crippen molar-refractivity contribution < 1.29 is 19.1 Å². The first kappa shape index (κ1) is 18.0. The highest BCUT2D eigenvalue weighted by Gasteiger charge is 2.48. The number of fused-ring (bicyclic) bond motifs is 2. The maximum atomic E-state index is 13.1. The van der Waals surface area contributed by atoms with Gasteiger partial charge in [0, 0.05) is 26.2 Å². The summed E-state index contributed by atoms with van der Waals surface area (Å²) in [4.78, 5) is 31.3. The number of hydrogen-bond acceptors (Lipinski definition) is 5. The molecule has 0 radical (unpaired) electrons. The molecule has 1 unspecified atom stereocenters. The Morgan fingerprint density at radius 3 is 2.52 bits per heavy atom. The number of carbonyl (C=O) groups is 2. The lowest BCUT2D eigenvalue weighted by Gasteiger charge is -2.35. The molecule has 0 spiro atoms. The minimum Gasteiger partial charge on any atom is -0.454 e. The Balaban J connectivity index is 1.34. The lowest BCUT2D eigenvalue weighted by atomic mass is 10.1. The predicted molar refractivity (Wildman–Crippen MR) is 107 cm³/mol. The first-order chi connectivity index (χ1) is 14.0. The van der Waals surface area contributed by atoms with Crippen LogP contribution < -0.4 is 14.4 Å². The standard InChI is InChI=1S/C22H23N3O4/c1-14-7-15(2)9-17(8-14)25-21(26)18-12-23(5-6-24(18)22(25)27)11-16-3-4-19-20(10-16)29-13-28-19/h3-4,7-10,18H,5-6,11-13H2,1-2H3. The van der Waals surface area contributed by atoms with E-state index in [-0.39, 0.29) is 18.7 Å². The third-order valence-electron chi connectivity index (χ3n) is 5.71. The fourth-order valence-corrected chi connectivity index (χ4v) is 4.41. The van der Waals surface area contributed by atoms with Crippen LogP contribution in [0.15, 0.2) is 36.4 Å². The van der Waals surface area contributed by atoms with Crippen LogP contribution >= 0.6 is 0 Å². The Morgan fingerprint density at radius 2 is 1.72 bits per heavy atom. The summed E-state index contributed by atoms with van der Waals surface area (Å²) in [6.45, 7) is 6.70. The molecule has 150 valence electrons. The Hall–Kier alpha value is -3.06. The topological polar surface area (TPSA) is 62.3 Å². The molecule has 0 N–H and O–H groups in total. The van der Waals surface area contributed by atoms with Gasteiger partial charge in [-0.25, -0.2) is 9.69 Å². The molecule has 0 aromatic heterocycles. The summed E-state index contributed by atoms with van der Waals surface area (Å²) >= 11 is 0. The van der Waals surface area contributed by atoms with Crippen molar-refractivity contribution in [1.82, 2.24) is 9.80 Å². The van der Waals surface area contributed by atoms with E-state index < -0.39 is 6.04 Å². The Morgan fingerprint density at radius 1 is 0.966 bits per heavy atom. The van der Waals surface area contributed by atoms with Gasteiger partial charge in [0.25, 0.3) is 5.91 Å². The van der Waals surface area contributed by atoms with Gasteiger partial charge in [-0.3, -0.25) is 9.69 Å². The summed E-state index contributed by atoms with van der Waals surface area (Å²) in [5.41, 5.74) is 3.84. The van der Waals surface area contributed by atoms with Gasteiger partial charge >= 0.3 is 6.03 Å². The molecule has 2 fully saturated rings. The normalized spacial score (nSPS) is 21.1. The summed E-state index contributed by atoms with van der Waals surface area (Å²) in [7, 11) is 0. The van der Waals surface area contributed by atoms with Gasteiger partial charge in [0.15, 0.2) is 11.5 Å². The molecule has 2 saturated heterocycles. The number of aryl methyl sites for hydroxylation is 2. The second kappa shape index (κ2) is 6.77. The van der Waals surface area contributed by atoms with E-state index in [9.17, 15) is 9.59 Å². The van der Waals surface area contributed by atoms with E-state index in [1.165, 1.54) is 4.90 Å². The predicted octanol–water partition coefficient (Wildman–Crippen LogP) is 2.69. The lowest BCUT2D eigenvalue weighted by Crippen LogP contribution is -2.52. The molecule has 29 heavy (non-hydrogen) atoms. The highest BCUT2D eigenvalue weighted by Crippen LogP contribution is 2.34. The van der Waals surface area contributed by atoms with E-state index >= 15 is 0 Å². The summed E-state index contributed by atoms with van der Waals surface area (Å²) < 4.78 is 10.8. The van der Waals surface area contributed by atoms with Gasteiger partial charge in [0.2, 0.25) is 6.79 Å². The largest absolute Gasteiger partial charge is 0.454 e. The van der Waals surface area contributed by atoms with Crippen LogP contribution in [0.25, 0.3) is 0 Å². The van der Waals surface area contributed by atoms with Gasteiger partial charge in [-0.1, -0.05) is 12.1 Å². The third-order valence-corrected chi connectivity index (χ3v) is 5.71. The molecule has 3 aliphatic heterocycles. The van der Waals surface area contributed by atoms with Gasteiger partial charge in [-0.2, -0.15) is 0 Å². The van der Waals surface area contributed by atoms with Crippen molar-refractivity contribution in [2.24, 2.45) is 0 Å². The number of anilines is 1. The molecule has 3 heterocycles. The number of amides is 3. The smallest absolute Gasteiger partial charge is 0.332 e. The first-order valence-electron chi connectivity index (χ1n) is 9.83. The zero-order valence-electron chi connectivity index (χ0n) is 16.6. The lowest BCUT2D eigenvalue weighted by molar-refractivity contribution is -0.121. The second-order valence-corrected chi connectivity index (χ2v) is 7.93. The van der Waals surface area contributed by atoms with Gasteiger partial charge in [0.05, 0.1) is 5.69 Å². The molecule has 1 atom stereocenters. The minimum absolute atomic E-state index is 0.143. The van der Waals surface area contributed by atoms with E-state index in [0.717, 1.165) is 34.7 Å². The molecular weight excluding hydrogens is 370 g/mol. The highest BCUT2D eigenvalue weighted by molar-refractivity contribution is 6.21. The number of benzene rings is 2. The number of ether oxygens (including phenoxy) is 2. The number of piperazine rings is 1. The number of imide groups is 1. The number of urea groups is 1. The number of rotatable bonds is 3. The molecule has 2 aromatic rings. The maximum Gasteiger partial charge on any atom is 0.332 e. The van der Waals surface area contributed by atoms with Crippen LogP contribution in [0.5, 0.6) is 11.5 Å². The molecule has 3 aliphatic rings. The summed E-state index contributed by atoms with van der Waals surface area (Å²) in [5.74, 6) is 1.38. The maximum absolute atomic E-state index is 13.1. The van der Waals surface area contributed by atoms with Crippen molar-refractivity contribution in [2.45, 2.75) is 26.4 Å². The minimum atomic E-state index is -0.439. The molecule has 0 aliphatic carbocycles. The number of carbonyl (C=O) groups excluding carboxylic acids is 2. The molecule has 2 aromatic carbocycles. The zero-order chi connectivity index (χ0) is 20.1. The Labute approximate surface area is 169 Å². The van der Waals surface area contributed by atoms with Gasteiger partial charge in [-0.05, 0) is 54.8 Å². The Bertz CT molecular complexity index is 985. The molecule has 5 rings (SSSR count). The quantitative estimate of drug-likeness (QED) is 0.751. The van der Waals surface area contributed by atoms with Gasteiger partial charge < -0.3 is 14.4 Å².